The second-order valence-corrected chi connectivity index (χ2v) is 19.0. The van der Waals surface area contributed by atoms with Crippen molar-refractivity contribution in [1.82, 2.24) is 4.57 Å². The summed E-state index contributed by atoms with van der Waals surface area (Å²) in [6.07, 6.45) is 1.93. The molecule has 0 fully saturated rings. The van der Waals surface area contributed by atoms with Gasteiger partial charge < -0.3 is 4.57 Å². The van der Waals surface area contributed by atoms with Crippen molar-refractivity contribution in [3.8, 4) is 50.2 Å². The van der Waals surface area contributed by atoms with Gasteiger partial charge in [-0.2, -0.15) is 0 Å². The van der Waals surface area contributed by atoms with Gasteiger partial charge in [0.1, 0.15) is 0 Å². The fourth-order valence-electron chi connectivity index (χ4n) is 12.0. The molecule has 0 aliphatic heterocycles. The van der Waals surface area contributed by atoms with Gasteiger partial charge in [0, 0.05) is 22.3 Å². The van der Waals surface area contributed by atoms with Gasteiger partial charge in [-0.15, -0.1) is 0 Å². The Morgan fingerprint density at radius 3 is 1.59 bits per heavy atom. The molecule has 336 valence electrons. The van der Waals surface area contributed by atoms with E-state index in [9.17, 15) is 0 Å². The molecule has 1 unspecified atom stereocenters. The summed E-state index contributed by atoms with van der Waals surface area (Å²) in [6, 6.07) is 104. The fourth-order valence-corrected chi connectivity index (χ4v) is 12.0. The number of hydrogen-bond donors (Lipinski definition) is 0. The SMILES string of the molecule is c1ccc(-c2ccc(C(CCc3ccc4c5ccccc5n(-c5ccc(-c6cccc7c6C(c6ccccc6)(c6ccccc6)c6ccccc6-7)cc5-c5ccccc5)c4c3)c3ccccc3)cc2)cc1. The number of aryl methyl sites for hydroxylation is 1. The second kappa shape index (κ2) is 17.9. The molecule has 0 bridgehead atoms. The maximum absolute atomic E-state index is 2.53. The molecule has 11 aromatic carbocycles. The molecular weight excluding hydrogens is 855 g/mol. The lowest BCUT2D eigenvalue weighted by molar-refractivity contribution is 0.715. The largest absolute Gasteiger partial charge is 0.309 e. The van der Waals surface area contributed by atoms with Crippen molar-refractivity contribution in [2.24, 2.45) is 0 Å². The number of para-hydroxylation sites is 1. The van der Waals surface area contributed by atoms with Crippen molar-refractivity contribution in [3.05, 3.63) is 318 Å². The first-order chi connectivity index (χ1) is 35.2. The van der Waals surface area contributed by atoms with Gasteiger partial charge in [-0.1, -0.05) is 255 Å². The average molecular weight is 906 g/mol. The molecule has 0 radical (unpaired) electrons. The molecule has 71 heavy (non-hydrogen) atoms. The molecular formula is C70H51N. The minimum absolute atomic E-state index is 0.259. The van der Waals surface area contributed by atoms with Crippen LogP contribution in [0.5, 0.6) is 0 Å². The van der Waals surface area contributed by atoms with E-state index in [1.807, 2.05) is 0 Å². The molecule has 0 amide bonds. The summed E-state index contributed by atoms with van der Waals surface area (Å²) < 4.78 is 2.53. The van der Waals surface area contributed by atoms with Crippen LogP contribution >= 0.6 is 0 Å². The summed E-state index contributed by atoms with van der Waals surface area (Å²) in [5, 5.41) is 2.52. The number of benzene rings is 11. The van der Waals surface area contributed by atoms with Crippen LogP contribution in [0.1, 0.15) is 51.3 Å². The third kappa shape index (κ3) is 7.24. The Hall–Kier alpha value is -8.78. The Morgan fingerprint density at radius 2 is 0.873 bits per heavy atom. The van der Waals surface area contributed by atoms with Gasteiger partial charge in [0.15, 0.2) is 0 Å². The van der Waals surface area contributed by atoms with E-state index in [0.717, 1.165) is 18.5 Å². The molecule has 13 rings (SSSR count). The van der Waals surface area contributed by atoms with Crippen LogP contribution < -0.4 is 0 Å². The maximum atomic E-state index is 2.53. The van der Waals surface area contributed by atoms with E-state index in [1.165, 1.54) is 105 Å². The monoisotopic (exact) mass is 905 g/mol. The fraction of sp³-hybridized carbons (Fsp3) is 0.0571. The molecule has 0 saturated heterocycles. The van der Waals surface area contributed by atoms with Crippen molar-refractivity contribution < 1.29 is 0 Å². The Balaban J connectivity index is 0.957. The highest BCUT2D eigenvalue weighted by Gasteiger charge is 2.47. The topological polar surface area (TPSA) is 4.93 Å². The van der Waals surface area contributed by atoms with Crippen LogP contribution in [0.25, 0.3) is 72.0 Å². The number of hydrogen-bond acceptors (Lipinski definition) is 0. The van der Waals surface area contributed by atoms with Gasteiger partial charge in [0.2, 0.25) is 0 Å². The van der Waals surface area contributed by atoms with E-state index in [4.69, 9.17) is 0 Å². The molecule has 0 N–H and O–H groups in total. The summed E-state index contributed by atoms with van der Waals surface area (Å²) in [7, 11) is 0. The van der Waals surface area contributed by atoms with E-state index in [-0.39, 0.29) is 5.92 Å². The number of fused-ring (bicyclic) bond motifs is 6. The van der Waals surface area contributed by atoms with Crippen LogP contribution in [0.2, 0.25) is 0 Å². The Labute approximate surface area is 416 Å². The minimum Gasteiger partial charge on any atom is -0.309 e. The molecule has 12 aromatic rings. The van der Waals surface area contributed by atoms with Crippen molar-refractivity contribution >= 4 is 21.8 Å². The van der Waals surface area contributed by atoms with Crippen LogP contribution in [-0.2, 0) is 11.8 Å². The maximum Gasteiger partial charge on any atom is 0.0719 e. The van der Waals surface area contributed by atoms with Crippen LogP contribution in [0, 0.1) is 0 Å². The molecule has 1 heteroatoms. The van der Waals surface area contributed by atoms with Crippen LogP contribution in [-0.4, -0.2) is 4.57 Å². The molecule has 0 spiro atoms. The van der Waals surface area contributed by atoms with E-state index >= 15 is 0 Å². The highest BCUT2D eigenvalue weighted by Crippen LogP contribution is 2.59. The standard InChI is InChI=1S/C70H51N/c1-6-21-50(22-7-1)51-39-41-54(42-40-51)58(52-23-8-2-9-24-52)44-37-49-38-45-62-61-32-17-19-36-66(61)71(68(62)47-49)67-46-43-55(48-64(67)53-25-10-3-11-26-53)59-33-20-34-63-60-31-16-18-35-65(60)70(69(59)63,56-27-12-4-13-28-56)57-29-14-5-15-30-57/h1-36,38-43,45-48,58H,37,44H2. The molecule has 1 heterocycles. The lowest BCUT2D eigenvalue weighted by atomic mass is 9.66. The van der Waals surface area contributed by atoms with Crippen molar-refractivity contribution in [2.45, 2.75) is 24.2 Å². The molecule has 1 aromatic heterocycles. The zero-order valence-corrected chi connectivity index (χ0v) is 39.5. The molecule has 1 aliphatic carbocycles. The van der Waals surface area contributed by atoms with Crippen LogP contribution in [0.3, 0.4) is 0 Å². The van der Waals surface area contributed by atoms with E-state index < -0.39 is 5.41 Å². The van der Waals surface area contributed by atoms with Gasteiger partial charge >= 0.3 is 0 Å². The summed E-state index contributed by atoms with van der Waals surface area (Å²) in [5.74, 6) is 0.259. The van der Waals surface area contributed by atoms with Crippen LogP contribution in [0.4, 0.5) is 0 Å². The average Bonchev–Trinajstić information content (AvgIpc) is 3.95. The van der Waals surface area contributed by atoms with Crippen molar-refractivity contribution in [2.75, 3.05) is 0 Å². The Bertz CT molecular complexity index is 3790. The van der Waals surface area contributed by atoms with Gasteiger partial charge in [-0.3, -0.25) is 0 Å². The van der Waals surface area contributed by atoms with Gasteiger partial charge in [-0.05, 0) is 115 Å². The first-order valence-corrected chi connectivity index (χ1v) is 25.0. The third-order valence-corrected chi connectivity index (χ3v) is 15.2. The highest BCUT2D eigenvalue weighted by molar-refractivity contribution is 6.10. The summed E-state index contributed by atoms with van der Waals surface area (Å²) in [5.41, 5.74) is 22.1. The lowest BCUT2D eigenvalue weighted by Gasteiger charge is -2.35. The van der Waals surface area contributed by atoms with Gasteiger partial charge in [-0.25, -0.2) is 0 Å². The quantitative estimate of drug-likeness (QED) is 0.122. The summed E-state index contributed by atoms with van der Waals surface area (Å²) in [6.45, 7) is 0. The first kappa shape index (κ1) is 42.3. The second-order valence-electron chi connectivity index (χ2n) is 19.0. The van der Waals surface area contributed by atoms with Gasteiger partial charge in [0.25, 0.3) is 0 Å². The van der Waals surface area contributed by atoms with Crippen LogP contribution in [0.15, 0.2) is 279 Å². The molecule has 1 nitrogen and oxygen atoms in total. The van der Waals surface area contributed by atoms with E-state index in [2.05, 4.69) is 284 Å². The molecule has 0 saturated carbocycles. The normalized spacial score (nSPS) is 13.0. The number of nitrogens with zero attached hydrogens (tertiary/aromatic N) is 1. The smallest absolute Gasteiger partial charge is 0.0719 e. The highest BCUT2D eigenvalue weighted by atomic mass is 15.0. The van der Waals surface area contributed by atoms with E-state index in [0.29, 0.717) is 0 Å². The first-order valence-electron chi connectivity index (χ1n) is 25.0. The minimum atomic E-state index is -0.523. The predicted octanol–water partition coefficient (Wildman–Crippen LogP) is 17.9. The predicted molar refractivity (Wildman–Crippen MR) is 297 cm³/mol. The third-order valence-electron chi connectivity index (χ3n) is 15.2. The zero-order valence-electron chi connectivity index (χ0n) is 39.5. The molecule has 1 aliphatic rings. The number of aromatic nitrogens is 1. The summed E-state index contributed by atoms with van der Waals surface area (Å²) >= 11 is 0. The van der Waals surface area contributed by atoms with Crippen molar-refractivity contribution in [3.63, 3.8) is 0 Å². The number of rotatable bonds is 11. The van der Waals surface area contributed by atoms with Crippen molar-refractivity contribution in [1.29, 1.82) is 0 Å². The van der Waals surface area contributed by atoms with E-state index in [1.54, 1.807) is 0 Å². The Morgan fingerprint density at radius 1 is 0.338 bits per heavy atom. The Kier molecular flexibility index (Phi) is 10.7. The van der Waals surface area contributed by atoms with Gasteiger partial charge in [0.05, 0.1) is 22.1 Å². The lowest BCUT2D eigenvalue weighted by Crippen LogP contribution is -2.29. The molecule has 1 atom stereocenters. The zero-order chi connectivity index (χ0) is 47.1. The summed E-state index contributed by atoms with van der Waals surface area (Å²) in [4.78, 5) is 0.